The average Bonchev–Trinajstić information content (AvgIpc) is 2.51. The fourth-order valence-electron chi connectivity index (χ4n) is 1.85. The standard InChI is InChI=1S/C16H21N3O3S2/c1-16(2,3)14-8-9-18-15(19-14)23-11-10-22-12-4-6-13(7-5-12)24(17,20)21/h4-9H,10-11H2,1-3H3,(H2,17,20,21). The molecule has 0 unspecified atom stereocenters. The van der Waals surface area contributed by atoms with Gasteiger partial charge in [0.2, 0.25) is 10.0 Å². The molecule has 24 heavy (non-hydrogen) atoms. The molecule has 130 valence electrons. The van der Waals surface area contributed by atoms with Gasteiger partial charge in [0.1, 0.15) is 5.75 Å². The molecule has 0 radical (unpaired) electrons. The number of aromatic nitrogens is 2. The van der Waals surface area contributed by atoms with Gasteiger partial charge in [-0.3, -0.25) is 0 Å². The van der Waals surface area contributed by atoms with Gasteiger partial charge >= 0.3 is 0 Å². The van der Waals surface area contributed by atoms with Crippen molar-refractivity contribution in [2.24, 2.45) is 5.14 Å². The summed E-state index contributed by atoms with van der Waals surface area (Å²) in [6, 6.07) is 7.94. The molecule has 0 saturated heterocycles. The highest BCUT2D eigenvalue weighted by atomic mass is 32.2. The van der Waals surface area contributed by atoms with E-state index in [1.54, 1.807) is 18.3 Å². The minimum Gasteiger partial charge on any atom is -0.493 e. The maximum atomic E-state index is 11.2. The molecular weight excluding hydrogens is 346 g/mol. The lowest BCUT2D eigenvalue weighted by Gasteiger charge is -2.17. The summed E-state index contributed by atoms with van der Waals surface area (Å²) in [5, 5.41) is 5.77. The number of nitrogens with zero attached hydrogens (tertiary/aromatic N) is 2. The van der Waals surface area contributed by atoms with Gasteiger partial charge in [-0.05, 0) is 30.3 Å². The summed E-state index contributed by atoms with van der Waals surface area (Å²) in [6.45, 7) is 6.79. The predicted octanol–water partition coefficient (Wildman–Crippen LogP) is 2.59. The summed E-state index contributed by atoms with van der Waals surface area (Å²) in [5.74, 6) is 1.28. The zero-order valence-corrected chi connectivity index (χ0v) is 15.5. The van der Waals surface area contributed by atoms with Crippen molar-refractivity contribution < 1.29 is 13.2 Å². The molecule has 2 rings (SSSR count). The van der Waals surface area contributed by atoms with E-state index in [0.717, 1.165) is 10.9 Å². The molecule has 0 saturated carbocycles. The summed E-state index contributed by atoms with van der Waals surface area (Å²) in [7, 11) is -3.67. The minimum absolute atomic E-state index is 0.0141. The third-order valence-electron chi connectivity index (χ3n) is 3.14. The van der Waals surface area contributed by atoms with Gasteiger partial charge in [-0.1, -0.05) is 32.5 Å². The largest absolute Gasteiger partial charge is 0.493 e. The molecule has 2 N–H and O–H groups in total. The topological polar surface area (TPSA) is 95.2 Å². The highest BCUT2D eigenvalue weighted by Crippen LogP contribution is 2.22. The Morgan fingerprint density at radius 1 is 1.17 bits per heavy atom. The van der Waals surface area contributed by atoms with Crippen LogP contribution < -0.4 is 9.88 Å². The van der Waals surface area contributed by atoms with Crippen LogP contribution in [0.2, 0.25) is 0 Å². The molecule has 1 heterocycles. The van der Waals surface area contributed by atoms with Gasteiger partial charge in [0.15, 0.2) is 5.16 Å². The number of sulfonamides is 1. The van der Waals surface area contributed by atoms with Crippen LogP contribution in [-0.4, -0.2) is 30.7 Å². The van der Waals surface area contributed by atoms with Crippen molar-refractivity contribution in [2.45, 2.75) is 36.2 Å². The molecule has 0 amide bonds. The Bertz CT molecular complexity index is 785. The smallest absolute Gasteiger partial charge is 0.238 e. The molecule has 0 aliphatic heterocycles. The van der Waals surface area contributed by atoms with Crippen LogP contribution in [0.15, 0.2) is 46.6 Å². The summed E-state index contributed by atoms with van der Waals surface area (Å²) in [4.78, 5) is 8.86. The fraction of sp³-hybridized carbons (Fsp3) is 0.375. The van der Waals surface area contributed by atoms with Crippen molar-refractivity contribution in [3.05, 3.63) is 42.2 Å². The lowest BCUT2D eigenvalue weighted by Crippen LogP contribution is -2.14. The second-order valence-electron chi connectivity index (χ2n) is 6.19. The predicted molar refractivity (Wildman–Crippen MR) is 94.8 cm³/mol. The van der Waals surface area contributed by atoms with Crippen molar-refractivity contribution in [3.8, 4) is 5.75 Å². The number of nitrogens with two attached hydrogens (primary N) is 1. The fourth-order valence-corrected chi connectivity index (χ4v) is 3.01. The quantitative estimate of drug-likeness (QED) is 0.479. The van der Waals surface area contributed by atoms with Gasteiger partial charge in [-0.2, -0.15) is 0 Å². The van der Waals surface area contributed by atoms with Gasteiger partial charge in [0.25, 0.3) is 0 Å². The van der Waals surface area contributed by atoms with Crippen LogP contribution in [0.3, 0.4) is 0 Å². The maximum absolute atomic E-state index is 11.2. The number of ether oxygens (including phenoxy) is 1. The minimum atomic E-state index is -3.67. The molecule has 0 atom stereocenters. The first-order valence-electron chi connectivity index (χ1n) is 7.38. The molecule has 0 aliphatic rings. The number of benzene rings is 1. The average molecular weight is 367 g/mol. The lowest BCUT2D eigenvalue weighted by molar-refractivity contribution is 0.343. The van der Waals surface area contributed by atoms with E-state index in [1.807, 2.05) is 6.07 Å². The van der Waals surface area contributed by atoms with Gasteiger partial charge in [-0.15, -0.1) is 0 Å². The first-order valence-corrected chi connectivity index (χ1v) is 9.91. The SMILES string of the molecule is CC(C)(C)c1ccnc(SCCOc2ccc(S(N)(=O)=O)cc2)n1. The monoisotopic (exact) mass is 367 g/mol. The third-order valence-corrected chi connectivity index (χ3v) is 4.89. The van der Waals surface area contributed by atoms with E-state index < -0.39 is 10.0 Å². The molecule has 6 nitrogen and oxygen atoms in total. The van der Waals surface area contributed by atoms with Crippen LogP contribution in [0.1, 0.15) is 26.5 Å². The Labute approximate surface area is 146 Å². The van der Waals surface area contributed by atoms with Crippen LogP contribution in [0, 0.1) is 0 Å². The van der Waals surface area contributed by atoms with Crippen LogP contribution in [0.25, 0.3) is 0 Å². The summed E-state index contributed by atoms with van der Waals surface area (Å²) in [6.07, 6.45) is 1.77. The normalized spacial score (nSPS) is 12.2. The Kier molecular flexibility index (Phi) is 5.84. The van der Waals surface area contributed by atoms with Crippen LogP contribution in [0.4, 0.5) is 0 Å². The van der Waals surface area contributed by atoms with Crippen LogP contribution >= 0.6 is 11.8 Å². The number of rotatable bonds is 6. The van der Waals surface area contributed by atoms with Gasteiger partial charge in [-0.25, -0.2) is 23.5 Å². The Morgan fingerprint density at radius 2 is 1.83 bits per heavy atom. The Morgan fingerprint density at radius 3 is 2.42 bits per heavy atom. The Hall–Kier alpha value is -1.64. The molecule has 0 aliphatic carbocycles. The van der Waals surface area contributed by atoms with Gasteiger partial charge in [0.05, 0.1) is 17.2 Å². The van der Waals surface area contributed by atoms with E-state index in [-0.39, 0.29) is 10.3 Å². The summed E-state index contributed by atoms with van der Waals surface area (Å²) >= 11 is 1.51. The third kappa shape index (κ3) is 5.47. The number of hydrogen-bond donors (Lipinski definition) is 1. The molecule has 0 spiro atoms. The van der Waals surface area contributed by atoms with Crippen molar-refractivity contribution in [3.63, 3.8) is 0 Å². The van der Waals surface area contributed by atoms with E-state index >= 15 is 0 Å². The van der Waals surface area contributed by atoms with E-state index in [4.69, 9.17) is 9.88 Å². The molecule has 0 fully saturated rings. The lowest BCUT2D eigenvalue weighted by atomic mass is 9.92. The highest BCUT2D eigenvalue weighted by Gasteiger charge is 2.16. The second kappa shape index (κ2) is 7.50. The van der Waals surface area contributed by atoms with E-state index in [0.29, 0.717) is 18.1 Å². The van der Waals surface area contributed by atoms with Crippen molar-refractivity contribution in [1.29, 1.82) is 0 Å². The van der Waals surface area contributed by atoms with E-state index in [1.165, 1.54) is 23.9 Å². The second-order valence-corrected chi connectivity index (χ2v) is 8.81. The molecule has 2 aromatic rings. The van der Waals surface area contributed by atoms with E-state index in [2.05, 4.69) is 30.7 Å². The highest BCUT2D eigenvalue weighted by molar-refractivity contribution is 7.99. The molecule has 1 aromatic carbocycles. The summed E-state index contributed by atoms with van der Waals surface area (Å²) < 4.78 is 27.9. The van der Waals surface area contributed by atoms with Gasteiger partial charge in [0, 0.05) is 17.4 Å². The maximum Gasteiger partial charge on any atom is 0.238 e. The van der Waals surface area contributed by atoms with Crippen molar-refractivity contribution >= 4 is 21.8 Å². The molecule has 1 aromatic heterocycles. The zero-order chi connectivity index (χ0) is 17.8. The van der Waals surface area contributed by atoms with Crippen LogP contribution in [0.5, 0.6) is 5.75 Å². The Balaban J connectivity index is 1.85. The van der Waals surface area contributed by atoms with Crippen molar-refractivity contribution in [2.75, 3.05) is 12.4 Å². The zero-order valence-electron chi connectivity index (χ0n) is 13.9. The molecular formula is C16H21N3O3S2. The first-order chi connectivity index (χ1) is 11.2. The number of hydrogen-bond acceptors (Lipinski definition) is 6. The molecule has 8 heteroatoms. The van der Waals surface area contributed by atoms with Gasteiger partial charge < -0.3 is 4.74 Å². The summed E-state index contributed by atoms with van der Waals surface area (Å²) in [5.41, 5.74) is 0.985. The van der Waals surface area contributed by atoms with Crippen molar-refractivity contribution in [1.82, 2.24) is 9.97 Å². The number of thioether (sulfide) groups is 1. The van der Waals surface area contributed by atoms with Crippen LogP contribution in [-0.2, 0) is 15.4 Å². The van der Waals surface area contributed by atoms with E-state index in [9.17, 15) is 8.42 Å². The molecule has 0 bridgehead atoms. The number of primary sulfonamides is 1. The first kappa shape index (κ1) is 18.7.